The Balaban J connectivity index is 3.01. The van der Waals surface area contributed by atoms with Gasteiger partial charge in [0.15, 0.2) is 5.03 Å². The van der Waals surface area contributed by atoms with E-state index in [0.717, 1.165) is 6.42 Å². The van der Waals surface area contributed by atoms with Crippen LogP contribution in [0.25, 0.3) is 0 Å². The molecule has 7 nitrogen and oxygen atoms in total. The maximum Gasteiger partial charge on any atom is 0.323 e. The van der Waals surface area contributed by atoms with E-state index in [9.17, 15) is 14.9 Å². The molecule has 0 aliphatic carbocycles. The van der Waals surface area contributed by atoms with Crippen LogP contribution in [0.2, 0.25) is 0 Å². The fourth-order valence-electron chi connectivity index (χ4n) is 1.79. The Morgan fingerprint density at radius 2 is 2.25 bits per heavy atom. The molecule has 0 bridgehead atoms. The fourth-order valence-corrected chi connectivity index (χ4v) is 2.98. The summed E-state index contributed by atoms with van der Waals surface area (Å²) in [5, 5.41) is 15.8. The Kier molecular flexibility index (Phi) is 6.00. The third-order valence-corrected chi connectivity index (χ3v) is 3.86. The van der Waals surface area contributed by atoms with Crippen LogP contribution in [-0.2, 0) is 16.1 Å². The van der Waals surface area contributed by atoms with Gasteiger partial charge in [-0.15, -0.1) is 0 Å². The largest absolute Gasteiger partial charge is 0.469 e. The van der Waals surface area contributed by atoms with Gasteiger partial charge in [0.25, 0.3) is 0 Å². The highest BCUT2D eigenvalue weighted by Gasteiger charge is 2.27. The highest BCUT2D eigenvalue weighted by atomic mass is 32.2. The zero-order chi connectivity index (χ0) is 15.3. The molecule has 1 aromatic rings. The molecule has 0 fully saturated rings. The molecule has 0 aliphatic heterocycles. The number of hydrogen-bond acceptors (Lipinski definition) is 6. The zero-order valence-corrected chi connectivity index (χ0v) is 12.9. The fraction of sp³-hybridized carbons (Fsp3) is 0.667. The summed E-state index contributed by atoms with van der Waals surface area (Å²) in [6, 6.07) is 0. The molecule has 1 rings (SSSR count). The quantitative estimate of drug-likeness (QED) is 0.333. The van der Waals surface area contributed by atoms with Crippen LogP contribution in [-0.4, -0.2) is 33.0 Å². The standard InChI is InChI=1S/C12H19N3O4S/c1-5-6-14-12(11(15(17)18)9(3)13-14)20-8(2)7-10(16)19-4/h8H,5-7H2,1-4H3. The number of carbonyl (C=O) groups excluding carboxylic acids is 1. The second-order valence-corrected chi connectivity index (χ2v) is 5.86. The molecule has 1 unspecified atom stereocenters. The third-order valence-electron chi connectivity index (χ3n) is 2.66. The minimum absolute atomic E-state index is 0.0279. The summed E-state index contributed by atoms with van der Waals surface area (Å²) in [7, 11) is 1.33. The normalized spacial score (nSPS) is 12.2. The molecule has 8 heteroatoms. The van der Waals surface area contributed by atoms with Crippen LogP contribution in [0, 0.1) is 17.0 Å². The Hall–Kier alpha value is -1.57. The molecule has 20 heavy (non-hydrogen) atoms. The highest BCUT2D eigenvalue weighted by Crippen LogP contribution is 2.35. The van der Waals surface area contributed by atoms with Gasteiger partial charge >= 0.3 is 11.7 Å². The van der Waals surface area contributed by atoms with Crippen molar-refractivity contribution in [1.82, 2.24) is 9.78 Å². The van der Waals surface area contributed by atoms with Crippen LogP contribution in [0.3, 0.4) is 0 Å². The van der Waals surface area contributed by atoms with Gasteiger partial charge in [0, 0.05) is 11.8 Å². The highest BCUT2D eigenvalue weighted by molar-refractivity contribution is 8.00. The summed E-state index contributed by atoms with van der Waals surface area (Å²) < 4.78 is 6.26. The van der Waals surface area contributed by atoms with E-state index < -0.39 is 4.92 Å². The molecule has 1 aromatic heterocycles. The Morgan fingerprint density at radius 1 is 1.60 bits per heavy atom. The lowest BCUT2D eigenvalue weighted by atomic mass is 10.3. The second kappa shape index (κ2) is 7.28. The van der Waals surface area contributed by atoms with Gasteiger partial charge in [0.05, 0.1) is 18.5 Å². The molecule has 0 radical (unpaired) electrons. The summed E-state index contributed by atoms with van der Waals surface area (Å²) in [6.07, 6.45) is 1.03. The molecular weight excluding hydrogens is 282 g/mol. The number of rotatable bonds is 7. The maximum absolute atomic E-state index is 11.3. The van der Waals surface area contributed by atoms with Crippen molar-refractivity contribution in [3.8, 4) is 0 Å². The van der Waals surface area contributed by atoms with E-state index in [1.807, 2.05) is 13.8 Å². The van der Waals surface area contributed by atoms with Crippen LogP contribution in [0.4, 0.5) is 5.69 Å². The molecular formula is C12H19N3O4S. The predicted molar refractivity (Wildman–Crippen MR) is 75.9 cm³/mol. The zero-order valence-electron chi connectivity index (χ0n) is 12.1. The van der Waals surface area contributed by atoms with E-state index in [2.05, 4.69) is 9.84 Å². The van der Waals surface area contributed by atoms with Crippen molar-refractivity contribution >= 4 is 23.4 Å². The van der Waals surface area contributed by atoms with Gasteiger partial charge in [-0.2, -0.15) is 5.10 Å². The summed E-state index contributed by atoms with van der Waals surface area (Å²) in [5.41, 5.74) is 0.427. The lowest BCUT2D eigenvalue weighted by Gasteiger charge is -2.10. The van der Waals surface area contributed by atoms with E-state index in [-0.39, 0.29) is 23.3 Å². The van der Waals surface area contributed by atoms with Crippen LogP contribution < -0.4 is 0 Å². The first-order valence-corrected chi connectivity index (χ1v) is 7.23. The first kappa shape index (κ1) is 16.5. The number of thioether (sulfide) groups is 1. The first-order valence-electron chi connectivity index (χ1n) is 6.35. The van der Waals surface area contributed by atoms with E-state index in [4.69, 9.17) is 0 Å². The average Bonchev–Trinajstić information content (AvgIpc) is 2.65. The van der Waals surface area contributed by atoms with Crippen molar-refractivity contribution in [3.63, 3.8) is 0 Å². The van der Waals surface area contributed by atoms with E-state index >= 15 is 0 Å². The van der Waals surface area contributed by atoms with Gasteiger partial charge < -0.3 is 4.74 Å². The average molecular weight is 301 g/mol. The Morgan fingerprint density at radius 3 is 2.75 bits per heavy atom. The van der Waals surface area contributed by atoms with Crippen LogP contribution in [0.15, 0.2) is 5.03 Å². The summed E-state index contributed by atoms with van der Waals surface area (Å²) in [4.78, 5) is 22.0. The number of methoxy groups -OCH3 is 1. The lowest BCUT2D eigenvalue weighted by molar-refractivity contribution is -0.388. The monoisotopic (exact) mass is 301 g/mol. The van der Waals surface area contributed by atoms with Gasteiger partial charge in [-0.1, -0.05) is 25.6 Å². The second-order valence-electron chi connectivity index (χ2n) is 4.43. The molecule has 0 saturated carbocycles. The smallest absolute Gasteiger partial charge is 0.323 e. The number of aryl methyl sites for hydroxylation is 2. The molecule has 112 valence electrons. The van der Waals surface area contributed by atoms with Gasteiger partial charge in [0.1, 0.15) is 5.69 Å². The first-order chi connectivity index (χ1) is 9.40. The van der Waals surface area contributed by atoms with Crippen LogP contribution >= 0.6 is 11.8 Å². The predicted octanol–water partition coefficient (Wildman–Crippen LogP) is 2.55. The van der Waals surface area contributed by atoms with Gasteiger partial charge in [-0.3, -0.25) is 19.6 Å². The topological polar surface area (TPSA) is 87.3 Å². The molecule has 0 N–H and O–H groups in total. The molecule has 0 amide bonds. The number of aromatic nitrogens is 2. The minimum atomic E-state index is -0.415. The van der Waals surface area contributed by atoms with E-state index in [1.54, 1.807) is 11.6 Å². The van der Waals surface area contributed by atoms with Crippen molar-refractivity contribution in [2.75, 3.05) is 7.11 Å². The van der Waals surface area contributed by atoms with E-state index in [1.165, 1.54) is 18.9 Å². The summed E-state index contributed by atoms with van der Waals surface area (Å²) in [6.45, 7) is 6.06. The van der Waals surface area contributed by atoms with Gasteiger partial charge in [-0.25, -0.2) is 0 Å². The van der Waals surface area contributed by atoms with Crippen LogP contribution in [0.1, 0.15) is 32.4 Å². The van der Waals surface area contributed by atoms with Gasteiger partial charge in [0.2, 0.25) is 0 Å². The van der Waals surface area contributed by atoms with Crippen molar-refractivity contribution in [1.29, 1.82) is 0 Å². The SMILES string of the molecule is CCCn1nc(C)c([N+](=O)[O-])c1SC(C)CC(=O)OC. The Bertz CT molecular complexity index is 501. The number of esters is 1. The molecule has 0 aliphatic rings. The molecule has 0 aromatic carbocycles. The number of nitrogens with zero attached hydrogens (tertiary/aromatic N) is 3. The minimum Gasteiger partial charge on any atom is -0.469 e. The van der Waals surface area contributed by atoms with Crippen molar-refractivity contribution in [3.05, 3.63) is 15.8 Å². The van der Waals surface area contributed by atoms with Gasteiger partial charge in [-0.05, 0) is 13.3 Å². The third kappa shape index (κ3) is 3.96. The molecule has 1 atom stereocenters. The number of hydrogen-bond donors (Lipinski definition) is 0. The number of carbonyl (C=O) groups is 1. The number of ether oxygens (including phenoxy) is 1. The molecule has 0 spiro atoms. The summed E-state index contributed by atoms with van der Waals surface area (Å²) in [5.74, 6) is -0.328. The van der Waals surface area contributed by atoms with Crippen LogP contribution in [0.5, 0.6) is 0 Å². The van der Waals surface area contributed by atoms with E-state index in [0.29, 0.717) is 17.3 Å². The van der Waals surface area contributed by atoms with Crippen molar-refractivity contribution in [2.45, 2.75) is 50.4 Å². The van der Waals surface area contributed by atoms with Crippen molar-refractivity contribution < 1.29 is 14.5 Å². The lowest BCUT2D eigenvalue weighted by Crippen LogP contribution is -2.10. The Labute approximate surface area is 121 Å². The number of nitro groups is 1. The maximum atomic E-state index is 11.3. The van der Waals surface area contributed by atoms with Crippen molar-refractivity contribution in [2.24, 2.45) is 0 Å². The molecule has 0 saturated heterocycles. The molecule has 1 heterocycles. The summed E-state index contributed by atoms with van der Waals surface area (Å²) >= 11 is 1.29.